The van der Waals surface area contributed by atoms with Gasteiger partial charge in [-0.25, -0.2) is 0 Å². The van der Waals surface area contributed by atoms with Gasteiger partial charge in [0, 0.05) is 44.9 Å². The fourth-order valence-electron chi connectivity index (χ4n) is 5.17. The molecule has 2 aliphatic rings. The number of rotatable bonds is 6. The zero-order valence-electron chi connectivity index (χ0n) is 18.4. The van der Waals surface area contributed by atoms with Gasteiger partial charge in [-0.3, -0.25) is 19.6 Å². The van der Waals surface area contributed by atoms with Gasteiger partial charge >= 0.3 is 0 Å². The number of carbonyl (C=O) groups excluding carboxylic acids is 1. The highest BCUT2D eigenvalue weighted by Gasteiger charge is 2.52. The van der Waals surface area contributed by atoms with Gasteiger partial charge in [0.05, 0.1) is 11.1 Å². The molecule has 3 heterocycles. The van der Waals surface area contributed by atoms with Crippen molar-refractivity contribution >= 4 is 5.78 Å². The van der Waals surface area contributed by atoms with E-state index in [0.29, 0.717) is 24.8 Å². The molecule has 2 aromatic rings. The summed E-state index contributed by atoms with van der Waals surface area (Å²) in [4.78, 5) is 23.1. The van der Waals surface area contributed by atoms with Crippen LogP contribution in [0.2, 0.25) is 0 Å². The van der Waals surface area contributed by atoms with E-state index >= 15 is 0 Å². The molecule has 30 heavy (non-hydrogen) atoms. The molecule has 2 fully saturated rings. The van der Waals surface area contributed by atoms with E-state index in [1.165, 1.54) is 5.56 Å². The lowest BCUT2D eigenvalue weighted by atomic mass is 9.76. The number of pyridine rings is 1. The van der Waals surface area contributed by atoms with Gasteiger partial charge in [0.15, 0.2) is 0 Å². The van der Waals surface area contributed by atoms with Crippen molar-refractivity contribution in [2.75, 3.05) is 26.7 Å². The van der Waals surface area contributed by atoms with E-state index < -0.39 is 5.54 Å². The van der Waals surface area contributed by atoms with Crippen LogP contribution in [0.15, 0.2) is 54.7 Å². The number of ether oxygens (including phenoxy) is 1. The van der Waals surface area contributed by atoms with Crippen LogP contribution in [-0.4, -0.2) is 64.5 Å². The molecule has 0 saturated carbocycles. The summed E-state index contributed by atoms with van der Waals surface area (Å²) in [6.45, 7) is 7.56. The summed E-state index contributed by atoms with van der Waals surface area (Å²) in [6.07, 6.45) is 4.21. The van der Waals surface area contributed by atoms with Crippen LogP contribution in [0.1, 0.15) is 49.2 Å². The Kier molecular flexibility index (Phi) is 6.05. The minimum Gasteiger partial charge on any atom is -0.375 e. The fraction of sp³-hybridized carbons (Fsp3) is 0.520. The van der Waals surface area contributed by atoms with E-state index in [9.17, 15) is 4.79 Å². The number of hydrogen-bond acceptors (Lipinski definition) is 5. The second-order valence-corrected chi connectivity index (χ2v) is 9.40. The Balaban J connectivity index is 1.55. The molecule has 4 rings (SSSR count). The number of nitrogens with zero attached hydrogens (tertiary/aromatic N) is 3. The van der Waals surface area contributed by atoms with Crippen molar-refractivity contribution in [3.05, 3.63) is 66.0 Å². The van der Waals surface area contributed by atoms with Gasteiger partial charge in [-0.15, -0.1) is 0 Å². The molecule has 0 unspecified atom stereocenters. The normalized spacial score (nSPS) is 26.7. The highest BCUT2D eigenvalue weighted by Crippen LogP contribution is 2.40. The molecule has 0 aliphatic carbocycles. The predicted octanol–water partition coefficient (Wildman–Crippen LogP) is 3.80. The molecule has 0 N–H and O–H groups in total. The summed E-state index contributed by atoms with van der Waals surface area (Å²) in [5.41, 5.74) is 1.02. The maximum absolute atomic E-state index is 13.8. The Morgan fingerprint density at radius 3 is 2.67 bits per heavy atom. The van der Waals surface area contributed by atoms with E-state index in [2.05, 4.69) is 66.0 Å². The standard InChI is InChI=1S/C25H33N3O2/c1-24(2)19-25(13-16-30-24,23(29)22-11-7-8-14-26-22)28-15-12-21(18-28)27(3)17-20-9-5-4-6-10-20/h4-11,14,21H,12-13,15-19H2,1-3H3/t21-,25-/m0/s1. The van der Waals surface area contributed by atoms with Gasteiger partial charge in [0.25, 0.3) is 0 Å². The molecule has 0 radical (unpaired) electrons. The molecule has 5 nitrogen and oxygen atoms in total. The van der Waals surface area contributed by atoms with E-state index in [1.54, 1.807) is 6.20 Å². The first-order valence-corrected chi connectivity index (χ1v) is 11.0. The monoisotopic (exact) mass is 407 g/mol. The Bertz CT molecular complexity index is 855. The van der Waals surface area contributed by atoms with Crippen molar-refractivity contribution in [3.8, 4) is 0 Å². The molecular formula is C25H33N3O2. The number of benzene rings is 1. The highest BCUT2D eigenvalue weighted by molar-refractivity contribution is 6.02. The first-order valence-electron chi connectivity index (χ1n) is 11.0. The van der Waals surface area contributed by atoms with Crippen molar-refractivity contribution in [2.24, 2.45) is 0 Å². The van der Waals surface area contributed by atoms with E-state index in [1.807, 2.05) is 18.2 Å². The topological polar surface area (TPSA) is 45.7 Å². The third kappa shape index (κ3) is 4.34. The number of hydrogen-bond donors (Lipinski definition) is 0. The Labute approximate surface area is 180 Å². The molecule has 1 aromatic carbocycles. The van der Waals surface area contributed by atoms with E-state index in [0.717, 1.165) is 32.5 Å². The first-order chi connectivity index (χ1) is 14.4. The molecule has 5 heteroatoms. The minimum absolute atomic E-state index is 0.144. The summed E-state index contributed by atoms with van der Waals surface area (Å²) < 4.78 is 6.01. The zero-order valence-corrected chi connectivity index (χ0v) is 18.4. The molecule has 1 aromatic heterocycles. The fourth-order valence-corrected chi connectivity index (χ4v) is 5.17. The van der Waals surface area contributed by atoms with Crippen molar-refractivity contribution in [2.45, 2.75) is 56.8 Å². The summed E-state index contributed by atoms with van der Waals surface area (Å²) in [5, 5.41) is 0. The van der Waals surface area contributed by atoms with Crippen molar-refractivity contribution < 1.29 is 9.53 Å². The lowest BCUT2D eigenvalue weighted by molar-refractivity contribution is -0.104. The number of Topliss-reactive ketones (excluding diaryl/α,β-unsaturated/α-hetero) is 1. The third-order valence-corrected chi connectivity index (χ3v) is 6.71. The molecule has 2 atom stereocenters. The average Bonchev–Trinajstić information content (AvgIpc) is 3.25. The van der Waals surface area contributed by atoms with Crippen molar-refractivity contribution in [3.63, 3.8) is 0 Å². The summed E-state index contributed by atoms with van der Waals surface area (Å²) in [5.74, 6) is 0.144. The molecule has 0 amide bonds. The molecular weight excluding hydrogens is 374 g/mol. The van der Waals surface area contributed by atoms with Gasteiger partial charge in [0.1, 0.15) is 5.69 Å². The lowest BCUT2D eigenvalue weighted by Gasteiger charge is -2.48. The minimum atomic E-state index is -0.543. The summed E-state index contributed by atoms with van der Waals surface area (Å²) in [7, 11) is 2.20. The number of carbonyl (C=O) groups is 1. The second-order valence-electron chi connectivity index (χ2n) is 9.40. The molecule has 0 bridgehead atoms. The lowest BCUT2D eigenvalue weighted by Crippen LogP contribution is -2.61. The van der Waals surface area contributed by atoms with Crippen LogP contribution in [0, 0.1) is 0 Å². The van der Waals surface area contributed by atoms with Crippen LogP contribution in [0.5, 0.6) is 0 Å². The van der Waals surface area contributed by atoms with Crippen LogP contribution in [0.25, 0.3) is 0 Å². The van der Waals surface area contributed by atoms with Gasteiger partial charge in [-0.1, -0.05) is 36.4 Å². The van der Waals surface area contributed by atoms with Crippen LogP contribution in [-0.2, 0) is 11.3 Å². The van der Waals surface area contributed by atoms with Crippen LogP contribution in [0.3, 0.4) is 0 Å². The van der Waals surface area contributed by atoms with Gasteiger partial charge < -0.3 is 4.74 Å². The molecule has 2 saturated heterocycles. The Hall–Kier alpha value is -2.08. The van der Waals surface area contributed by atoms with Crippen LogP contribution < -0.4 is 0 Å². The number of likely N-dealkylation sites (tertiary alicyclic amines) is 1. The quantitative estimate of drug-likeness (QED) is 0.682. The number of likely N-dealkylation sites (N-methyl/N-ethyl adjacent to an activating group) is 1. The predicted molar refractivity (Wildman–Crippen MR) is 118 cm³/mol. The number of ketones is 1. The van der Waals surface area contributed by atoms with Gasteiger partial charge in [0.2, 0.25) is 5.78 Å². The SMILES string of the molecule is CN(Cc1ccccc1)[C@H]1CCN([C@@]2(C(=O)c3ccccn3)CCOC(C)(C)C2)C1. The third-order valence-electron chi connectivity index (χ3n) is 6.71. The smallest absolute Gasteiger partial charge is 0.201 e. The largest absolute Gasteiger partial charge is 0.375 e. The number of aromatic nitrogens is 1. The zero-order chi connectivity index (χ0) is 21.2. The summed E-state index contributed by atoms with van der Waals surface area (Å²) >= 11 is 0. The first kappa shape index (κ1) is 21.2. The average molecular weight is 408 g/mol. The van der Waals surface area contributed by atoms with E-state index in [-0.39, 0.29) is 11.4 Å². The molecule has 2 aliphatic heterocycles. The van der Waals surface area contributed by atoms with Crippen LogP contribution >= 0.6 is 0 Å². The molecule has 0 spiro atoms. The van der Waals surface area contributed by atoms with Gasteiger partial charge in [-0.05, 0) is 51.4 Å². The molecule has 160 valence electrons. The van der Waals surface area contributed by atoms with Crippen LogP contribution in [0.4, 0.5) is 0 Å². The maximum atomic E-state index is 13.8. The Morgan fingerprint density at radius 2 is 1.97 bits per heavy atom. The summed E-state index contributed by atoms with van der Waals surface area (Å²) in [6, 6.07) is 16.6. The second kappa shape index (κ2) is 8.58. The van der Waals surface area contributed by atoms with Gasteiger partial charge in [-0.2, -0.15) is 0 Å². The Morgan fingerprint density at radius 1 is 1.20 bits per heavy atom. The van der Waals surface area contributed by atoms with Crippen molar-refractivity contribution in [1.29, 1.82) is 0 Å². The van der Waals surface area contributed by atoms with Crippen molar-refractivity contribution in [1.82, 2.24) is 14.8 Å². The maximum Gasteiger partial charge on any atom is 0.201 e. The highest BCUT2D eigenvalue weighted by atomic mass is 16.5. The van der Waals surface area contributed by atoms with E-state index in [4.69, 9.17) is 4.74 Å².